The average molecular weight is 179 g/mol. The summed E-state index contributed by atoms with van der Waals surface area (Å²) in [4.78, 5) is 0. The van der Waals surface area contributed by atoms with Crippen LogP contribution in [0.1, 0.15) is 27.7 Å². The summed E-state index contributed by atoms with van der Waals surface area (Å²) < 4.78 is 0. The minimum Gasteiger partial charge on any atom is -0.295 e. The summed E-state index contributed by atoms with van der Waals surface area (Å²) in [6.45, 7) is 8.48. The molecule has 0 saturated heterocycles. The van der Waals surface area contributed by atoms with Crippen molar-refractivity contribution in [2.24, 2.45) is 26.0 Å². The Hall–Kier alpha value is -1.26. The Morgan fingerprint density at radius 2 is 2.00 bits per heavy atom. The third-order valence-electron chi connectivity index (χ3n) is 2.85. The van der Waals surface area contributed by atoms with Crippen LogP contribution >= 0.6 is 0 Å². The van der Waals surface area contributed by atoms with Crippen molar-refractivity contribution in [2.45, 2.75) is 33.2 Å². The highest BCUT2D eigenvalue weighted by Crippen LogP contribution is 2.35. The number of hydrogen-bond acceptors (Lipinski definition) is 5. The molecule has 2 heterocycles. The van der Waals surface area contributed by atoms with Gasteiger partial charge in [0.15, 0.2) is 0 Å². The van der Waals surface area contributed by atoms with Gasteiger partial charge < -0.3 is 0 Å². The highest BCUT2D eigenvalue weighted by atomic mass is 15.5. The van der Waals surface area contributed by atoms with E-state index in [9.17, 15) is 0 Å². The molecule has 1 atom stereocenters. The number of hydrogen-bond donors (Lipinski definition) is 1. The molecular formula is C8H13N5. The van der Waals surface area contributed by atoms with Crippen LogP contribution in [-0.2, 0) is 0 Å². The molecule has 5 nitrogen and oxygen atoms in total. The first-order valence-corrected chi connectivity index (χ1v) is 4.29. The number of nitrogens with zero attached hydrogens (tertiary/aromatic N) is 4. The molecule has 0 aromatic carbocycles. The SMILES string of the molecule is CC(C)(C)C1(C)NN=C2N=NN=C21. The van der Waals surface area contributed by atoms with E-state index in [1.807, 2.05) is 0 Å². The van der Waals surface area contributed by atoms with Gasteiger partial charge in [0.05, 0.1) is 0 Å². The maximum absolute atomic E-state index is 4.09. The maximum Gasteiger partial charge on any atom is 0.221 e. The van der Waals surface area contributed by atoms with Crippen LogP contribution in [-0.4, -0.2) is 17.1 Å². The standard InChI is InChI=1S/C8H13N5/c1-7(2,3)8(4)5-6(10-12-8)11-13-9-5/h12H,1-4H3. The normalized spacial score (nSPS) is 31.1. The van der Waals surface area contributed by atoms with Gasteiger partial charge >= 0.3 is 0 Å². The lowest BCUT2D eigenvalue weighted by molar-refractivity contribution is 0.240. The summed E-state index contributed by atoms with van der Waals surface area (Å²) in [6, 6.07) is 0. The van der Waals surface area contributed by atoms with Crippen molar-refractivity contribution in [1.82, 2.24) is 5.43 Å². The molecule has 2 aliphatic heterocycles. The van der Waals surface area contributed by atoms with Crippen molar-refractivity contribution in [3.8, 4) is 0 Å². The second-order valence-electron chi connectivity index (χ2n) is 4.56. The summed E-state index contributed by atoms with van der Waals surface area (Å²) in [5.74, 6) is 0.623. The minimum absolute atomic E-state index is 0.0342. The van der Waals surface area contributed by atoms with Gasteiger partial charge in [-0.15, -0.1) is 10.2 Å². The Labute approximate surface area is 77.0 Å². The highest BCUT2D eigenvalue weighted by Gasteiger charge is 2.49. The Kier molecular flexibility index (Phi) is 1.38. The van der Waals surface area contributed by atoms with Crippen molar-refractivity contribution in [3.63, 3.8) is 0 Å². The first-order valence-electron chi connectivity index (χ1n) is 4.29. The Morgan fingerprint density at radius 3 is 2.62 bits per heavy atom. The predicted molar refractivity (Wildman–Crippen MR) is 50.7 cm³/mol. The summed E-state index contributed by atoms with van der Waals surface area (Å²) in [5, 5.41) is 15.5. The van der Waals surface area contributed by atoms with Crippen LogP contribution < -0.4 is 5.43 Å². The number of fused-ring (bicyclic) bond motifs is 1. The highest BCUT2D eigenvalue weighted by molar-refractivity contribution is 6.46. The van der Waals surface area contributed by atoms with Gasteiger partial charge in [-0.05, 0) is 17.6 Å². The van der Waals surface area contributed by atoms with Gasteiger partial charge in [0, 0.05) is 0 Å². The molecule has 2 aliphatic rings. The average Bonchev–Trinajstić information content (AvgIpc) is 2.52. The Bertz CT molecular complexity index is 333. The van der Waals surface area contributed by atoms with E-state index in [1.54, 1.807) is 0 Å². The summed E-state index contributed by atoms with van der Waals surface area (Å²) in [7, 11) is 0. The van der Waals surface area contributed by atoms with E-state index >= 15 is 0 Å². The molecule has 0 amide bonds. The summed E-state index contributed by atoms with van der Waals surface area (Å²) in [5.41, 5.74) is 3.70. The van der Waals surface area contributed by atoms with E-state index in [4.69, 9.17) is 0 Å². The van der Waals surface area contributed by atoms with Crippen molar-refractivity contribution in [3.05, 3.63) is 0 Å². The van der Waals surface area contributed by atoms with Gasteiger partial charge in [0.25, 0.3) is 0 Å². The van der Waals surface area contributed by atoms with Gasteiger partial charge in [-0.3, -0.25) is 5.43 Å². The number of nitrogens with one attached hydrogen (secondary N) is 1. The fourth-order valence-corrected chi connectivity index (χ4v) is 1.34. The van der Waals surface area contributed by atoms with Crippen LogP contribution in [0.15, 0.2) is 20.5 Å². The van der Waals surface area contributed by atoms with Crippen molar-refractivity contribution >= 4 is 11.5 Å². The largest absolute Gasteiger partial charge is 0.295 e. The molecule has 2 rings (SSSR count). The van der Waals surface area contributed by atoms with E-state index in [2.05, 4.69) is 53.7 Å². The first kappa shape index (κ1) is 8.34. The van der Waals surface area contributed by atoms with Crippen molar-refractivity contribution in [1.29, 1.82) is 0 Å². The molecule has 0 spiro atoms. The quantitative estimate of drug-likeness (QED) is 0.602. The third kappa shape index (κ3) is 0.928. The lowest BCUT2D eigenvalue weighted by Crippen LogP contribution is -2.53. The molecule has 5 heteroatoms. The molecule has 0 fully saturated rings. The summed E-state index contributed by atoms with van der Waals surface area (Å²) in [6.07, 6.45) is 0. The van der Waals surface area contributed by atoms with E-state index < -0.39 is 0 Å². The molecule has 70 valence electrons. The second kappa shape index (κ2) is 2.16. The zero-order valence-electron chi connectivity index (χ0n) is 8.29. The molecule has 0 bridgehead atoms. The van der Waals surface area contributed by atoms with E-state index in [0.717, 1.165) is 5.71 Å². The summed E-state index contributed by atoms with van der Waals surface area (Å²) >= 11 is 0. The number of amidine groups is 1. The van der Waals surface area contributed by atoms with Crippen molar-refractivity contribution < 1.29 is 0 Å². The molecular weight excluding hydrogens is 166 g/mol. The molecule has 1 N–H and O–H groups in total. The van der Waals surface area contributed by atoms with Gasteiger partial charge in [-0.25, -0.2) is 0 Å². The van der Waals surface area contributed by atoms with Crippen LogP contribution in [0.2, 0.25) is 0 Å². The van der Waals surface area contributed by atoms with E-state index in [-0.39, 0.29) is 11.0 Å². The zero-order valence-corrected chi connectivity index (χ0v) is 8.29. The Morgan fingerprint density at radius 1 is 1.31 bits per heavy atom. The van der Waals surface area contributed by atoms with Crippen LogP contribution in [0.4, 0.5) is 0 Å². The molecule has 1 unspecified atom stereocenters. The molecule has 13 heavy (non-hydrogen) atoms. The van der Waals surface area contributed by atoms with Crippen LogP contribution in [0, 0.1) is 5.41 Å². The van der Waals surface area contributed by atoms with Gasteiger partial charge in [0.1, 0.15) is 11.3 Å². The fourth-order valence-electron chi connectivity index (χ4n) is 1.34. The smallest absolute Gasteiger partial charge is 0.221 e. The zero-order chi connectivity index (χ0) is 9.69. The molecule has 0 aromatic rings. The number of hydrazone groups is 1. The second-order valence-corrected chi connectivity index (χ2v) is 4.56. The van der Waals surface area contributed by atoms with E-state index in [1.165, 1.54) is 0 Å². The first-order chi connectivity index (χ1) is 5.95. The lowest BCUT2D eigenvalue weighted by atomic mass is 9.72. The van der Waals surface area contributed by atoms with Crippen molar-refractivity contribution in [2.75, 3.05) is 0 Å². The van der Waals surface area contributed by atoms with E-state index in [0.29, 0.717) is 5.84 Å². The van der Waals surface area contributed by atoms with Gasteiger partial charge in [-0.2, -0.15) is 5.10 Å². The van der Waals surface area contributed by atoms with Crippen LogP contribution in [0.3, 0.4) is 0 Å². The molecule has 0 aliphatic carbocycles. The topological polar surface area (TPSA) is 61.5 Å². The third-order valence-corrected chi connectivity index (χ3v) is 2.85. The Balaban J connectivity index is 2.41. The van der Waals surface area contributed by atoms with Gasteiger partial charge in [-0.1, -0.05) is 20.8 Å². The monoisotopic (exact) mass is 179 g/mol. The van der Waals surface area contributed by atoms with Crippen LogP contribution in [0.25, 0.3) is 0 Å². The molecule has 0 radical (unpaired) electrons. The lowest BCUT2D eigenvalue weighted by Gasteiger charge is -2.37. The number of rotatable bonds is 0. The maximum atomic E-state index is 4.09. The predicted octanol–water partition coefficient (Wildman–Crippen LogP) is 1.53. The van der Waals surface area contributed by atoms with Crippen LogP contribution in [0.5, 0.6) is 0 Å². The fraction of sp³-hybridized carbons (Fsp3) is 0.750. The minimum atomic E-state index is -0.258. The van der Waals surface area contributed by atoms with Gasteiger partial charge in [0.2, 0.25) is 5.84 Å². The molecule has 0 saturated carbocycles. The molecule has 0 aromatic heterocycles.